The third-order valence-corrected chi connectivity index (χ3v) is 5.06. The van der Waals surface area contributed by atoms with E-state index in [0.717, 1.165) is 25.7 Å². The number of carbonyl (C=O) groups excluding carboxylic acids is 2. The monoisotopic (exact) mass is 316 g/mol. The number of carbonyl (C=O) groups is 2. The van der Waals surface area contributed by atoms with Gasteiger partial charge in [-0.05, 0) is 31.1 Å². The van der Waals surface area contributed by atoms with Crippen LogP contribution >= 0.6 is 0 Å². The highest BCUT2D eigenvalue weighted by atomic mass is 19.1. The van der Waals surface area contributed by atoms with Gasteiger partial charge < -0.3 is 9.80 Å². The van der Waals surface area contributed by atoms with Gasteiger partial charge in [0.25, 0.3) is 0 Å². The molecule has 1 saturated carbocycles. The molecule has 1 aliphatic heterocycles. The molecule has 1 heterocycles. The lowest BCUT2D eigenvalue weighted by Crippen LogP contribution is -2.42. The van der Waals surface area contributed by atoms with E-state index >= 15 is 0 Å². The number of hydrogen-bond donors (Lipinski definition) is 0. The predicted octanol–water partition coefficient (Wildman–Crippen LogP) is 2.63. The van der Waals surface area contributed by atoms with Crippen molar-refractivity contribution in [3.8, 4) is 0 Å². The number of rotatable bonds is 3. The van der Waals surface area contributed by atoms with Crippen molar-refractivity contribution in [3.05, 3.63) is 42.2 Å². The van der Waals surface area contributed by atoms with E-state index in [1.54, 1.807) is 24.1 Å². The van der Waals surface area contributed by atoms with E-state index in [4.69, 9.17) is 0 Å². The molecule has 0 aromatic heterocycles. The highest BCUT2D eigenvalue weighted by Gasteiger charge is 2.47. The van der Waals surface area contributed by atoms with E-state index < -0.39 is 0 Å². The van der Waals surface area contributed by atoms with E-state index in [1.165, 1.54) is 17.0 Å². The maximum Gasteiger partial charge on any atom is 0.246 e. The summed E-state index contributed by atoms with van der Waals surface area (Å²) >= 11 is 0. The van der Waals surface area contributed by atoms with Crippen molar-refractivity contribution in [2.24, 2.45) is 0 Å². The summed E-state index contributed by atoms with van der Waals surface area (Å²) in [6.45, 7) is 3.91. The molecule has 2 amide bonds. The Labute approximate surface area is 135 Å². The van der Waals surface area contributed by atoms with Crippen molar-refractivity contribution in [2.45, 2.75) is 31.1 Å². The molecule has 0 bridgehead atoms. The molecule has 0 atom stereocenters. The fourth-order valence-corrected chi connectivity index (χ4v) is 3.93. The molecule has 0 saturated heterocycles. The van der Waals surface area contributed by atoms with Gasteiger partial charge in [0.05, 0.1) is 5.69 Å². The van der Waals surface area contributed by atoms with E-state index in [0.29, 0.717) is 17.8 Å². The molecule has 1 spiro atoms. The van der Waals surface area contributed by atoms with Gasteiger partial charge in [-0.2, -0.15) is 0 Å². The number of fused-ring (bicyclic) bond motifs is 2. The minimum Gasteiger partial charge on any atom is -0.333 e. The molecule has 2 aliphatic rings. The lowest BCUT2D eigenvalue weighted by atomic mass is 9.80. The molecule has 1 fully saturated rings. The lowest BCUT2D eigenvalue weighted by molar-refractivity contribution is -0.130. The third-order valence-electron chi connectivity index (χ3n) is 5.06. The molecule has 3 rings (SSSR count). The van der Waals surface area contributed by atoms with Gasteiger partial charge >= 0.3 is 0 Å². The van der Waals surface area contributed by atoms with Crippen molar-refractivity contribution in [2.75, 3.05) is 25.0 Å². The average molecular weight is 316 g/mol. The molecule has 23 heavy (non-hydrogen) atoms. The van der Waals surface area contributed by atoms with Crippen molar-refractivity contribution in [3.63, 3.8) is 0 Å². The normalized spacial score (nSPS) is 18.1. The quantitative estimate of drug-likeness (QED) is 0.804. The third kappa shape index (κ3) is 2.54. The van der Waals surface area contributed by atoms with Crippen LogP contribution in [0.25, 0.3) is 0 Å². The van der Waals surface area contributed by atoms with Crippen molar-refractivity contribution < 1.29 is 14.0 Å². The van der Waals surface area contributed by atoms with Gasteiger partial charge in [-0.15, -0.1) is 0 Å². The molecule has 0 N–H and O–H groups in total. The zero-order valence-electron chi connectivity index (χ0n) is 13.3. The van der Waals surface area contributed by atoms with Gasteiger partial charge in [-0.1, -0.05) is 25.5 Å². The maximum absolute atomic E-state index is 14.5. The summed E-state index contributed by atoms with van der Waals surface area (Å²) < 4.78 is 14.5. The van der Waals surface area contributed by atoms with Crippen LogP contribution in [0.1, 0.15) is 31.2 Å². The van der Waals surface area contributed by atoms with Crippen LogP contribution in [0, 0.1) is 5.82 Å². The van der Waals surface area contributed by atoms with Crippen LogP contribution in [-0.2, 0) is 15.0 Å². The fourth-order valence-electron chi connectivity index (χ4n) is 3.93. The first-order valence-corrected chi connectivity index (χ1v) is 7.95. The topological polar surface area (TPSA) is 40.6 Å². The first-order chi connectivity index (χ1) is 11.0. The summed E-state index contributed by atoms with van der Waals surface area (Å²) in [6, 6.07) is 4.92. The van der Waals surface area contributed by atoms with Crippen LogP contribution in [0.4, 0.5) is 10.1 Å². The SMILES string of the molecule is C=CC(=O)N(C)CC(=O)N1CC2(CCCC2)c2c(F)cccc21. The van der Waals surface area contributed by atoms with Crippen LogP contribution in [0.15, 0.2) is 30.9 Å². The number of benzene rings is 1. The van der Waals surface area contributed by atoms with E-state index in [-0.39, 0.29) is 29.6 Å². The fraction of sp³-hybridized carbons (Fsp3) is 0.444. The van der Waals surface area contributed by atoms with Crippen LogP contribution in [0.2, 0.25) is 0 Å². The predicted molar refractivity (Wildman–Crippen MR) is 86.7 cm³/mol. The number of likely N-dealkylation sites (N-methyl/N-ethyl adjacent to an activating group) is 1. The molecule has 0 unspecified atom stereocenters. The molecular formula is C18H21FN2O2. The molecule has 5 heteroatoms. The van der Waals surface area contributed by atoms with Crippen LogP contribution < -0.4 is 4.90 Å². The highest BCUT2D eigenvalue weighted by molar-refractivity contribution is 6.00. The molecule has 1 aromatic rings. The Morgan fingerprint density at radius 1 is 1.39 bits per heavy atom. The summed E-state index contributed by atoms with van der Waals surface area (Å²) in [5.74, 6) is -0.707. The Bertz CT molecular complexity index is 665. The van der Waals surface area contributed by atoms with Crippen LogP contribution in [-0.4, -0.2) is 36.9 Å². The Kier molecular flexibility index (Phi) is 3.96. The first kappa shape index (κ1) is 15.7. The molecule has 1 aliphatic carbocycles. The van der Waals surface area contributed by atoms with E-state index in [1.807, 2.05) is 0 Å². The molecular weight excluding hydrogens is 295 g/mol. The molecule has 1 aromatic carbocycles. The van der Waals surface area contributed by atoms with Gasteiger partial charge in [0.15, 0.2) is 0 Å². The van der Waals surface area contributed by atoms with Crippen molar-refractivity contribution in [1.29, 1.82) is 0 Å². The Morgan fingerprint density at radius 3 is 2.74 bits per heavy atom. The van der Waals surface area contributed by atoms with E-state index in [9.17, 15) is 14.0 Å². The number of halogens is 1. The summed E-state index contributed by atoms with van der Waals surface area (Å²) in [4.78, 5) is 27.2. The van der Waals surface area contributed by atoms with Gasteiger partial charge in [0.2, 0.25) is 11.8 Å². The second-order valence-corrected chi connectivity index (χ2v) is 6.50. The number of amides is 2. The van der Waals surface area contributed by atoms with Gasteiger partial charge in [0, 0.05) is 24.6 Å². The highest BCUT2D eigenvalue weighted by Crippen LogP contribution is 2.51. The average Bonchev–Trinajstić information content (AvgIpc) is 3.13. The summed E-state index contributed by atoms with van der Waals surface area (Å²) in [7, 11) is 1.57. The summed E-state index contributed by atoms with van der Waals surface area (Å²) in [5.41, 5.74) is 1.09. The summed E-state index contributed by atoms with van der Waals surface area (Å²) in [6.07, 6.45) is 5.12. The van der Waals surface area contributed by atoms with Crippen LogP contribution in [0.3, 0.4) is 0 Å². The van der Waals surface area contributed by atoms with Crippen molar-refractivity contribution >= 4 is 17.5 Å². The molecule has 0 radical (unpaired) electrons. The second kappa shape index (κ2) is 5.80. The molecule has 122 valence electrons. The standard InChI is InChI=1S/C18H21FN2O2/c1-3-15(22)20(2)11-16(23)21-12-18(9-4-5-10-18)17-13(19)7-6-8-14(17)21/h3,6-8H,1,4-5,9-12H2,2H3. The smallest absolute Gasteiger partial charge is 0.246 e. The zero-order chi connectivity index (χ0) is 16.6. The van der Waals surface area contributed by atoms with Crippen molar-refractivity contribution in [1.82, 2.24) is 4.90 Å². The van der Waals surface area contributed by atoms with Gasteiger partial charge in [-0.3, -0.25) is 9.59 Å². The first-order valence-electron chi connectivity index (χ1n) is 7.95. The number of anilines is 1. The van der Waals surface area contributed by atoms with Crippen LogP contribution in [0.5, 0.6) is 0 Å². The van der Waals surface area contributed by atoms with E-state index in [2.05, 4.69) is 6.58 Å². The second-order valence-electron chi connectivity index (χ2n) is 6.50. The Hall–Kier alpha value is -2.17. The minimum absolute atomic E-state index is 0.0309. The summed E-state index contributed by atoms with van der Waals surface area (Å²) in [5, 5.41) is 0. The zero-order valence-corrected chi connectivity index (χ0v) is 13.3. The Morgan fingerprint density at radius 2 is 2.09 bits per heavy atom. The van der Waals surface area contributed by atoms with Gasteiger partial charge in [-0.25, -0.2) is 4.39 Å². The number of hydrogen-bond acceptors (Lipinski definition) is 2. The number of nitrogens with zero attached hydrogens (tertiary/aromatic N) is 2. The molecule has 4 nitrogen and oxygen atoms in total. The largest absolute Gasteiger partial charge is 0.333 e. The lowest BCUT2D eigenvalue weighted by Gasteiger charge is -2.26. The maximum atomic E-state index is 14.5. The van der Waals surface area contributed by atoms with Gasteiger partial charge in [0.1, 0.15) is 12.4 Å². The minimum atomic E-state index is -0.299. The Balaban J connectivity index is 1.91.